The van der Waals surface area contributed by atoms with Crippen LogP contribution in [0.25, 0.3) is 0 Å². The minimum absolute atomic E-state index is 0.432. The van der Waals surface area contributed by atoms with Crippen LogP contribution < -0.4 is 9.62 Å². The molecular weight excluding hydrogens is 282 g/mol. The van der Waals surface area contributed by atoms with Crippen molar-refractivity contribution in [2.24, 2.45) is 0 Å². The number of hydrogen-bond donors (Lipinski definition) is 1. The van der Waals surface area contributed by atoms with Crippen LogP contribution in [-0.2, 0) is 0 Å². The third kappa shape index (κ3) is 3.82. The molecule has 2 heterocycles. The number of benzene rings is 1. The Hall–Kier alpha value is -1.42. The second-order valence-electron chi connectivity index (χ2n) is 5.49. The number of nitriles is 1. The zero-order valence-corrected chi connectivity index (χ0v) is 12.9. The Balaban J connectivity index is 1.39. The lowest BCUT2D eigenvalue weighted by molar-refractivity contribution is 0.423. The molecule has 21 heavy (non-hydrogen) atoms. The summed E-state index contributed by atoms with van der Waals surface area (Å²) >= 11 is 1.72. The largest absolute Gasteiger partial charge is 0.369 e. The van der Waals surface area contributed by atoms with Crippen LogP contribution in [0, 0.1) is 11.5 Å². The number of rotatable bonds is 4. The number of likely N-dealkylation sites (tertiary alicyclic amines) is 1. The molecule has 0 amide bonds. The van der Waals surface area contributed by atoms with Crippen LogP contribution in [0.5, 0.6) is 0 Å². The van der Waals surface area contributed by atoms with Gasteiger partial charge in [-0.25, -0.2) is 9.03 Å². The Morgan fingerprint density at radius 1 is 1.10 bits per heavy atom. The van der Waals surface area contributed by atoms with Crippen molar-refractivity contribution in [3.05, 3.63) is 30.3 Å². The molecule has 6 heteroatoms. The first kappa shape index (κ1) is 14.5. The van der Waals surface area contributed by atoms with Crippen molar-refractivity contribution in [1.29, 1.82) is 5.26 Å². The molecule has 0 aliphatic carbocycles. The predicted molar refractivity (Wildman–Crippen MR) is 86.5 cm³/mol. The van der Waals surface area contributed by atoms with Crippen LogP contribution in [0.1, 0.15) is 6.42 Å². The van der Waals surface area contributed by atoms with Crippen LogP contribution in [0.3, 0.4) is 0 Å². The topological polar surface area (TPSA) is 45.5 Å². The summed E-state index contributed by atoms with van der Waals surface area (Å²) in [5.74, 6) is 0. The maximum atomic E-state index is 8.86. The number of nitrogens with one attached hydrogen (secondary N) is 1. The quantitative estimate of drug-likeness (QED) is 0.672. The van der Waals surface area contributed by atoms with Gasteiger partial charge in [0.15, 0.2) is 6.19 Å². The Labute approximate surface area is 130 Å². The van der Waals surface area contributed by atoms with Crippen LogP contribution >= 0.6 is 12.1 Å². The van der Waals surface area contributed by atoms with Gasteiger partial charge in [0, 0.05) is 63.1 Å². The number of hydrogen-bond acceptors (Lipinski definition) is 6. The van der Waals surface area contributed by atoms with Crippen molar-refractivity contribution >= 4 is 17.8 Å². The molecule has 5 nitrogen and oxygen atoms in total. The van der Waals surface area contributed by atoms with Gasteiger partial charge in [0.25, 0.3) is 0 Å². The summed E-state index contributed by atoms with van der Waals surface area (Å²) in [5.41, 5.74) is 1.32. The fraction of sp³-hybridized carbons (Fsp3) is 0.533. The Kier molecular flexibility index (Phi) is 4.86. The van der Waals surface area contributed by atoms with E-state index in [-0.39, 0.29) is 0 Å². The van der Waals surface area contributed by atoms with E-state index in [9.17, 15) is 0 Å². The normalized spacial score (nSPS) is 23.3. The van der Waals surface area contributed by atoms with Crippen molar-refractivity contribution in [1.82, 2.24) is 13.9 Å². The van der Waals surface area contributed by atoms with Crippen molar-refractivity contribution in [2.75, 3.05) is 44.2 Å². The molecule has 1 aromatic rings. The van der Waals surface area contributed by atoms with E-state index in [2.05, 4.69) is 50.5 Å². The zero-order valence-electron chi connectivity index (χ0n) is 12.1. The number of para-hydroxylation sites is 1. The van der Waals surface area contributed by atoms with Gasteiger partial charge in [-0.1, -0.05) is 18.2 Å². The zero-order chi connectivity index (χ0) is 14.5. The van der Waals surface area contributed by atoms with Gasteiger partial charge in [-0.2, -0.15) is 5.26 Å². The van der Waals surface area contributed by atoms with Gasteiger partial charge in [-0.05, 0) is 18.6 Å². The molecule has 0 aromatic heterocycles. The molecule has 112 valence electrons. The van der Waals surface area contributed by atoms with Gasteiger partial charge < -0.3 is 9.80 Å². The van der Waals surface area contributed by atoms with E-state index in [0.717, 1.165) is 45.7 Å². The molecule has 3 rings (SSSR count). The average Bonchev–Trinajstić information content (AvgIpc) is 3.02. The second kappa shape index (κ2) is 7.03. The molecule has 2 saturated heterocycles. The molecule has 0 spiro atoms. The smallest absolute Gasteiger partial charge is 0.179 e. The minimum Gasteiger partial charge on any atom is -0.369 e. The summed E-state index contributed by atoms with van der Waals surface area (Å²) in [6.45, 7) is 5.97. The number of piperazine rings is 1. The highest BCUT2D eigenvalue weighted by Gasteiger charge is 2.23. The Bertz CT molecular complexity index is 481. The van der Waals surface area contributed by atoms with E-state index in [1.165, 1.54) is 5.69 Å². The van der Waals surface area contributed by atoms with Crippen molar-refractivity contribution < 1.29 is 0 Å². The van der Waals surface area contributed by atoms with Gasteiger partial charge >= 0.3 is 0 Å². The van der Waals surface area contributed by atoms with Crippen LogP contribution in [0.15, 0.2) is 30.3 Å². The SMILES string of the molecule is N#CN1CCC(NSN2CCN(c3ccccc3)CC2)C1. The van der Waals surface area contributed by atoms with E-state index >= 15 is 0 Å². The van der Waals surface area contributed by atoms with Crippen LogP contribution in [0.4, 0.5) is 5.69 Å². The lowest BCUT2D eigenvalue weighted by Gasteiger charge is -2.35. The Morgan fingerprint density at radius 2 is 1.86 bits per heavy atom. The van der Waals surface area contributed by atoms with Gasteiger partial charge in [-0.15, -0.1) is 0 Å². The number of nitrogens with zero attached hydrogens (tertiary/aromatic N) is 4. The van der Waals surface area contributed by atoms with Crippen molar-refractivity contribution in [3.63, 3.8) is 0 Å². The Morgan fingerprint density at radius 3 is 2.52 bits per heavy atom. The fourth-order valence-corrected chi connectivity index (χ4v) is 3.61. The molecule has 1 aromatic carbocycles. The monoisotopic (exact) mass is 303 g/mol. The first-order chi connectivity index (χ1) is 10.3. The first-order valence-electron chi connectivity index (χ1n) is 7.47. The maximum absolute atomic E-state index is 8.86. The van der Waals surface area contributed by atoms with Gasteiger partial charge in [-0.3, -0.25) is 0 Å². The van der Waals surface area contributed by atoms with Crippen LogP contribution in [0.2, 0.25) is 0 Å². The van der Waals surface area contributed by atoms with Gasteiger partial charge in [0.2, 0.25) is 0 Å². The van der Waals surface area contributed by atoms with Crippen molar-refractivity contribution in [2.45, 2.75) is 12.5 Å². The summed E-state index contributed by atoms with van der Waals surface area (Å²) < 4.78 is 5.88. The molecule has 0 bridgehead atoms. The van der Waals surface area contributed by atoms with E-state index < -0.39 is 0 Å². The van der Waals surface area contributed by atoms with E-state index in [4.69, 9.17) is 5.26 Å². The third-order valence-corrected chi connectivity index (χ3v) is 5.10. The van der Waals surface area contributed by atoms with Gasteiger partial charge in [0.05, 0.1) is 0 Å². The highest BCUT2D eigenvalue weighted by molar-refractivity contribution is 7.95. The first-order valence-corrected chi connectivity index (χ1v) is 8.24. The summed E-state index contributed by atoms with van der Waals surface area (Å²) in [6, 6.07) is 11.0. The molecular formula is C15H21N5S. The molecule has 1 atom stereocenters. The maximum Gasteiger partial charge on any atom is 0.179 e. The van der Waals surface area contributed by atoms with Gasteiger partial charge in [0.1, 0.15) is 0 Å². The second-order valence-corrected chi connectivity index (χ2v) is 6.43. The standard InChI is InChI=1S/C15H21N5S/c16-13-18-7-6-14(12-18)17-21-20-10-8-19(9-11-20)15-4-2-1-3-5-15/h1-5,14,17H,6-12H2. The van der Waals surface area contributed by atoms with E-state index in [1.54, 1.807) is 12.1 Å². The molecule has 2 fully saturated rings. The average molecular weight is 303 g/mol. The number of anilines is 1. The highest BCUT2D eigenvalue weighted by atomic mass is 32.2. The molecule has 0 saturated carbocycles. The predicted octanol–water partition coefficient (Wildman–Crippen LogP) is 1.52. The minimum atomic E-state index is 0.432. The molecule has 2 aliphatic heterocycles. The molecule has 2 aliphatic rings. The lowest BCUT2D eigenvalue weighted by Crippen LogP contribution is -2.45. The fourth-order valence-electron chi connectivity index (χ4n) is 2.77. The lowest BCUT2D eigenvalue weighted by atomic mass is 10.2. The molecule has 0 radical (unpaired) electrons. The van der Waals surface area contributed by atoms with E-state index in [1.807, 2.05) is 4.90 Å². The summed E-state index contributed by atoms with van der Waals surface area (Å²) in [4.78, 5) is 4.26. The third-order valence-electron chi connectivity index (χ3n) is 4.04. The van der Waals surface area contributed by atoms with Crippen LogP contribution in [-0.4, -0.2) is 54.5 Å². The summed E-state index contributed by atoms with van der Waals surface area (Å²) in [6.07, 6.45) is 3.28. The summed E-state index contributed by atoms with van der Waals surface area (Å²) in [5, 5.41) is 8.86. The van der Waals surface area contributed by atoms with Crippen molar-refractivity contribution in [3.8, 4) is 6.19 Å². The summed E-state index contributed by atoms with van der Waals surface area (Å²) in [7, 11) is 0. The van der Waals surface area contributed by atoms with E-state index in [0.29, 0.717) is 6.04 Å². The highest BCUT2D eigenvalue weighted by Crippen LogP contribution is 2.19. The molecule has 1 unspecified atom stereocenters. The molecule has 1 N–H and O–H groups in total.